The minimum absolute atomic E-state index is 0. The fourth-order valence-corrected chi connectivity index (χ4v) is 2.23. The van der Waals surface area contributed by atoms with Gasteiger partial charge in [-0.05, 0) is 49.8 Å². The molecular formula is C15H22Cl2N2O. The molecule has 0 saturated heterocycles. The molecular weight excluding hydrogens is 295 g/mol. The average molecular weight is 317 g/mol. The van der Waals surface area contributed by atoms with E-state index in [1.807, 2.05) is 29.2 Å². The molecule has 0 bridgehead atoms. The van der Waals surface area contributed by atoms with Crippen LogP contribution in [-0.4, -0.2) is 29.9 Å². The molecule has 1 aromatic rings. The first kappa shape index (κ1) is 17.3. The third kappa shape index (κ3) is 5.31. The molecule has 0 heterocycles. The van der Waals surface area contributed by atoms with Gasteiger partial charge in [0.2, 0.25) is 5.91 Å². The molecule has 1 fully saturated rings. The minimum atomic E-state index is -0.413. The molecule has 1 aliphatic rings. The molecule has 2 rings (SSSR count). The highest BCUT2D eigenvalue weighted by Crippen LogP contribution is 2.29. The first-order chi connectivity index (χ1) is 9.06. The van der Waals surface area contributed by atoms with Gasteiger partial charge in [-0.1, -0.05) is 23.7 Å². The second-order valence-electron chi connectivity index (χ2n) is 5.39. The first-order valence-electron chi connectivity index (χ1n) is 6.85. The van der Waals surface area contributed by atoms with E-state index in [1.165, 1.54) is 18.4 Å². The molecule has 3 nitrogen and oxygen atoms in total. The maximum Gasteiger partial charge on any atom is 0.239 e. The Labute approximate surface area is 131 Å². The van der Waals surface area contributed by atoms with Crippen LogP contribution in [0.2, 0.25) is 5.02 Å². The molecule has 0 aliphatic heterocycles. The summed E-state index contributed by atoms with van der Waals surface area (Å²) in [5.41, 5.74) is 6.91. The van der Waals surface area contributed by atoms with Crippen molar-refractivity contribution in [2.75, 3.05) is 13.1 Å². The van der Waals surface area contributed by atoms with Gasteiger partial charge in [-0.2, -0.15) is 0 Å². The normalized spacial score (nSPS) is 15.3. The molecule has 1 amide bonds. The van der Waals surface area contributed by atoms with E-state index in [0.29, 0.717) is 5.92 Å². The predicted octanol–water partition coefficient (Wildman–Crippen LogP) is 2.89. The standard InChI is InChI=1S/C15H21ClN2O.ClH/c1-11(17)15(19)18(10-13-2-3-13)9-8-12-4-6-14(16)7-5-12;/h4-7,11,13H,2-3,8-10,17H2,1H3;1H/t11-;/m0./s1. The Kier molecular flexibility index (Phi) is 6.80. The Morgan fingerprint density at radius 3 is 2.50 bits per heavy atom. The van der Waals surface area contributed by atoms with Gasteiger partial charge in [-0.25, -0.2) is 0 Å². The predicted molar refractivity (Wildman–Crippen MR) is 85.4 cm³/mol. The molecule has 2 N–H and O–H groups in total. The summed E-state index contributed by atoms with van der Waals surface area (Å²) >= 11 is 5.86. The zero-order valence-corrected chi connectivity index (χ0v) is 13.3. The van der Waals surface area contributed by atoms with Crippen molar-refractivity contribution in [1.29, 1.82) is 0 Å². The van der Waals surface area contributed by atoms with Crippen molar-refractivity contribution in [3.63, 3.8) is 0 Å². The number of amides is 1. The van der Waals surface area contributed by atoms with Gasteiger partial charge in [-0.3, -0.25) is 4.79 Å². The maximum atomic E-state index is 12.1. The lowest BCUT2D eigenvalue weighted by Gasteiger charge is -2.24. The van der Waals surface area contributed by atoms with Gasteiger partial charge < -0.3 is 10.6 Å². The maximum absolute atomic E-state index is 12.1. The quantitative estimate of drug-likeness (QED) is 0.877. The summed E-state index contributed by atoms with van der Waals surface area (Å²) in [6, 6.07) is 7.37. The number of carbonyl (C=O) groups is 1. The van der Waals surface area contributed by atoms with Crippen LogP contribution in [0.15, 0.2) is 24.3 Å². The summed E-state index contributed by atoms with van der Waals surface area (Å²) in [6.07, 6.45) is 3.33. The Bertz CT molecular complexity index is 430. The van der Waals surface area contributed by atoms with Crippen LogP contribution >= 0.6 is 24.0 Å². The first-order valence-corrected chi connectivity index (χ1v) is 7.23. The van der Waals surface area contributed by atoms with Crippen molar-refractivity contribution in [3.05, 3.63) is 34.9 Å². The van der Waals surface area contributed by atoms with Gasteiger partial charge in [0.1, 0.15) is 0 Å². The van der Waals surface area contributed by atoms with E-state index >= 15 is 0 Å². The molecule has 1 aromatic carbocycles. The second-order valence-corrected chi connectivity index (χ2v) is 5.83. The number of nitrogens with two attached hydrogens (primary N) is 1. The van der Waals surface area contributed by atoms with E-state index in [4.69, 9.17) is 17.3 Å². The Hall–Kier alpha value is -0.770. The van der Waals surface area contributed by atoms with E-state index in [-0.39, 0.29) is 18.3 Å². The molecule has 1 saturated carbocycles. The number of rotatable bonds is 6. The third-order valence-electron chi connectivity index (χ3n) is 3.46. The summed E-state index contributed by atoms with van der Waals surface area (Å²) in [7, 11) is 0. The van der Waals surface area contributed by atoms with Crippen LogP contribution in [0, 0.1) is 5.92 Å². The number of benzene rings is 1. The summed E-state index contributed by atoms with van der Waals surface area (Å²) in [4.78, 5) is 14.0. The highest BCUT2D eigenvalue weighted by atomic mass is 35.5. The van der Waals surface area contributed by atoms with E-state index in [0.717, 1.165) is 24.5 Å². The fraction of sp³-hybridized carbons (Fsp3) is 0.533. The van der Waals surface area contributed by atoms with Crippen LogP contribution < -0.4 is 5.73 Å². The van der Waals surface area contributed by atoms with Crippen molar-refractivity contribution in [2.24, 2.45) is 11.7 Å². The van der Waals surface area contributed by atoms with Crippen molar-refractivity contribution in [2.45, 2.75) is 32.2 Å². The lowest BCUT2D eigenvalue weighted by Crippen LogP contribution is -2.44. The van der Waals surface area contributed by atoms with Crippen LogP contribution in [-0.2, 0) is 11.2 Å². The van der Waals surface area contributed by atoms with Gasteiger partial charge in [0.05, 0.1) is 6.04 Å². The van der Waals surface area contributed by atoms with Crippen LogP contribution in [0.1, 0.15) is 25.3 Å². The average Bonchev–Trinajstić information content (AvgIpc) is 3.19. The molecule has 0 unspecified atom stereocenters. The van der Waals surface area contributed by atoms with Crippen LogP contribution in [0.5, 0.6) is 0 Å². The lowest BCUT2D eigenvalue weighted by molar-refractivity contribution is -0.132. The summed E-state index contributed by atoms with van der Waals surface area (Å²) < 4.78 is 0. The molecule has 112 valence electrons. The summed E-state index contributed by atoms with van der Waals surface area (Å²) in [5, 5.41) is 0.741. The van der Waals surface area contributed by atoms with Crippen molar-refractivity contribution in [1.82, 2.24) is 4.90 Å². The molecule has 0 spiro atoms. The topological polar surface area (TPSA) is 46.3 Å². The van der Waals surface area contributed by atoms with E-state index < -0.39 is 6.04 Å². The smallest absolute Gasteiger partial charge is 0.239 e. The van der Waals surface area contributed by atoms with Gasteiger partial charge in [0.25, 0.3) is 0 Å². The fourth-order valence-electron chi connectivity index (χ4n) is 2.11. The highest BCUT2D eigenvalue weighted by molar-refractivity contribution is 6.30. The van der Waals surface area contributed by atoms with Gasteiger partial charge in [-0.15, -0.1) is 12.4 Å². The van der Waals surface area contributed by atoms with Gasteiger partial charge in [0.15, 0.2) is 0 Å². The number of hydrogen-bond acceptors (Lipinski definition) is 2. The van der Waals surface area contributed by atoms with Gasteiger partial charge in [0, 0.05) is 18.1 Å². The highest BCUT2D eigenvalue weighted by Gasteiger charge is 2.27. The third-order valence-corrected chi connectivity index (χ3v) is 3.71. The van der Waals surface area contributed by atoms with E-state index in [9.17, 15) is 4.79 Å². The monoisotopic (exact) mass is 316 g/mol. The van der Waals surface area contributed by atoms with E-state index in [2.05, 4.69) is 0 Å². The van der Waals surface area contributed by atoms with Crippen LogP contribution in [0.4, 0.5) is 0 Å². The zero-order chi connectivity index (χ0) is 13.8. The molecule has 0 radical (unpaired) electrons. The van der Waals surface area contributed by atoms with Crippen molar-refractivity contribution < 1.29 is 4.79 Å². The lowest BCUT2D eigenvalue weighted by atomic mass is 10.1. The molecule has 0 aromatic heterocycles. The van der Waals surface area contributed by atoms with Crippen molar-refractivity contribution >= 4 is 29.9 Å². The number of nitrogens with zero attached hydrogens (tertiary/aromatic N) is 1. The second kappa shape index (κ2) is 7.87. The molecule has 1 atom stereocenters. The van der Waals surface area contributed by atoms with E-state index in [1.54, 1.807) is 6.92 Å². The largest absolute Gasteiger partial charge is 0.341 e. The van der Waals surface area contributed by atoms with Crippen LogP contribution in [0.3, 0.4) is 0 Å². The van der Waals surface area contributed by atoms with Crippen LogP contribution in [0.25, 0.3) is 0 Å². The Morgan fingerprint density at radius 1 is 1.40 bits per heavy atom. The zero-order valence-electron chi connectivity index (χ0n) is 11.7. The molecule has 1 aliphatic carbocycles. The van der Waals surface area contributed by atoms with Crippen molar-refractivity contribution in [3.8, 4) is 0 Å². The van der Waals surface area contributed by atoms with Gasteiger partial charge >= 0.3 is 0 Å². The molecule has 20 heavy (non-hydrogen) atoms. The summed E-state index contributed by atoms with van der Waals surface area (Å²) in [5.74, 6) is 0.744. The Balaban J connectivity index is 0.00000200. The Morgan fingerprint density at radius 2 is 2.00 bits per heavy atom. The number of hydrogen-bond donors (Lipinski definition) is 1. The number of carbonyl (C=O) groups excluding carboxylic acids is 1. The molecule has 5 heteroatoms. The SMILES string of the molecule is C[C@H](N)C(=O)N(CCc1ccc(Cl)cc1)CC1CC1.Cl. The summed E-state index contributed by atoms with van der Waals surface area (Å²) in [6.45, 7) is 3.34. The minimum Gasteiger partial charge on any atom is -0.341 e. The number of halogens is 2.